The summed E-state index contributed by atoms with van der Waals surface area (Å²) in [5, 5.41) is 14.2. The van der Waals surface area contributed by atoms with E-state index in [0.717, 1.165) is 11.1 Å². The molecular formula is C15H17N3O3. The van der Waals surface area contributed by atoms with Crippen LogP contribution in [-0.4, -0.2) is 12.0 Å². The van der Waals surface area contributed by atoms with Crippen molar-refractivity contribution in [3.63, 3.8) is 0 Å². The molecule has 0 amide bonds. The fourth-order valence-corrected chi connectivity index (χ4v) is 2.06. The summed E-state index contributed by atoms with van der Waals surface area (Å²) in [4.78, 5) is 10.7. The van der Waals surface area contributed by atoms with Crippen molar-refractivity contribution in [1.82, 2.24) is 0 Å². The maximum Gasteiger partial charge on any atom is 0.296 e. The SMILES string of the molecule is COc1ccc(NCc2ccccc2CN)c([N+](=O)[O-])c1. The molecule has 0 aromatic heterocycles. The van der Waals surface area contributed by atoms with Gasteiger partial charge in [0.2, 0.25) is 0 Å². The number of nitro groups is 1. The monoisotopic (exact) mass is 287 g/mol. The van der Waals surface area contributed by atoms with Gasteiger partial charge in [0.25, 0.3) is 5.69 Å². The second-order valence-electron chi connectivity index (χ2n) is 4.47. The third-order valence-corrected chi connectivity index (χ3v) is 3.21. The van der Waals surface area contributed by atoms with E-state index in [0.29, 0.717) is 24.5 Å². The van der Waals surface area contributed by atoms with Gasteiger partial charge in [0.15, 0.2) is 0 Å². The van der Waals surface area contributed by atoms with Gasteiger partial charge in [-0.25, -0.2) is 0 Å². The van der Waals surface area contributed by atoms with Gasteiger partial charge in [-0.3, -0.25) is 10.1 Å². The minimum Gasteiger partial charge on any atom is -0.496 e. The number of anilines is 1. The first-order valence-corrected chi connectivity index (χ1v) is 6.49. The Bertz CT molecular complexity index is 644. The summed E-state index contributed by atoms with van der Waals surface area (Å²) in [6.45, 7) is 0.906. The van der Waals surface area contributed by atoms with Crippen LogP contribution in [0.1, 0.15) is 11.1 Å². The van der Waals surface area contributed by atoms with Gasteiger partial charge in [0.1, 0.15) is 11.4 Å². The lowest BCUT2D eigenvalue weighted by atomic mass is 10.1. The molecule has 2 rings (SSSR count). The van der Waals surface area contributed by atoms with Gasteiger partial charge in [0.05, 0.1) is 18.1 Å². The van der Waals surface area contributed by atoms with Gasteiger partial charge in [-0.15, -0.1) is 0 Å². The van der Waals surface area contributed by atoms with Gasteiger partial charge >= 0.3 is 0 Å². The zero-order chi connectivity index (χ0) is 15.2. The molecule has 0 saturated carbocycles. The Morgan fingerprint density at radius 3 is 2.57 bits per heavy atom. The number of ether oxygens (including phenoxy) is 1. The predicted molar refractivity (Wildman–Crippen MR) is 81.3 cm³/mol. The van der Waals surface area contributed by atoms with Crippen LogP contribution in [0.15, 0.2) is 42.5 Å². The van der Waals surface area contributed by atoms with Crippen LogP contribution in [0.25, 0.3) is 0 Å². The quantitative estimate of drug-likeness (QED) is 0.629. The van der Waals surface area contributed by atoms with Gasteiger partial charge in [-0.1, -0.05) is 24.3 Å². The van der Waals surface area contributed by atoms with E-state index >= 15 is 0 Å². The lowest BCUT2D eigenvalue weighted by Crippen LogP contribution is -2.07. The fraction of sp³-hybridized carbons (Fsp3) is 0.200. The molecule has 3 N–H and O–H groups in total. The molecule has 0 unspecified atom stereocenters. The number of hydrogen-bond acceptors (Lipinski definition) is 5. The molecule has 0 fully saturated rings. The minimum atomic E-state index is -0.431. The standard InChI is InChI=1S/C15H17N3O3/c1-21-13-6-7-14(15(8-13)18(19)20)17-10-12-5-3-2-4-11(12)9-16/h2-8,17H,9-10,16H2,1H3. The van der Waals surface area contributed by atoms with E-state index in [4.69, 9.17) is 10.5 Å². The minimum absolute atomic E-state index is 0.0143. The second-order valence-corrected chi connectivity index (χ2v) is 4.47. The van der Waals surface area contributed by atoms with E-state index in [1.165, 1.54) is 13.2 Å². The Morgan fingerprint density at radius 1 is 1.24 bits per heavy atom. The lowest BCUT2D eigenvalue weighted by molar-refractivity contribution is -0.384. The second kappa shape index (κ2) is 6.71. The molecule has 0 radical (unpaired) electrons. The highest BCUT2D eigenvalue weighted by molar-refractivity contribution is 5.64. The number of methoxy groups -OCH3 is 1. The Kier molecular flexibility index (Phi) is 4.73. The van der Waals surface area contributed by atoms with Crippen molar-refractivity contribution in [3.05, 3.63) is 63.7 Å². The Hall–Kier alpha value is -2.60. The van der Waals surface area contributed by atoms with E-state index < -0.39 is 4.92 Å². The lowest BCUT2D eigenvalue weighted by Gasteiger charge is -2.11. The highest BCUT2D eigenvalue weighted by atomic mass is 16.6. The molecule has 0 aliphatic rings. The molecule has 110 valence electrons. The van der Waals surface area contributed by atoms with Crippen molar-refractivity contribution in [3.8, 4) is 5.75 Å². The number of nitrogens with two attached hydrogens (primary N) is 1. The van der Waals surface area contributed by atoms with E-state index in [1.807, 2.05) is 24.3 Å². The number of nitrogens with zero attached hydrogens (tertiary/aromatic N) is 1. The molecule has 0 spiro atoms. The molecule has 0 atom stereocenters. The molecule has 0 aliphatic carbocycles. The third-order valence-electron chi connectivity index (χ3n) is 3.21. The van der Waals surface area contributed by atoms with Crippen LogP contribution in [0.2, 0.25) is 0 Å². The maximum absolute atomic E-state index is 11.1. The van der Waals surface area contributed by atoms with E-state index in [1.54, 1.807) is 12.1 Å². The summed E-state index contributed by atoms with van der Waals surface area (Å²) < 4.78 is 5.01. The van der Waals surface area contributed by atoms with Crippen molar-refractivity contribution < 1.29 is 9.66 Å². The highest BCUT2D eigenvalue weighted by Crippen LogP contribution is 2.29. The topological polar surface area (TPSA) is 90.4 Å². The van der Waals surface area contributed by atoms with E-state index in [9.17, 15) is 10.1 Å². The molecule has 2 aromatic carbocycles. The zero-order valence-electron chi connectivity index (χ0n) is 11.7. The van der Waals surface area contributed by atoms with Crippen LogP contribution < -0.4 is 15.8 Å². The average Bonchev–Trinajstić information content (AvgIpc) is 2.52. The average molecular weight is 287 g/mol. The molecule has 0 heterocycles. The summed E-state index contributed by atoms with van der Waals surface area (Å²) in [7, 11) is 1.48. The summed E-state index contributed by atoms with van der Waals surface area (Å²) in [6.07, 6.45) is 0. The summed E-state index contributed by atoms with van der Waals surface area (Å²) in [5.41, 5.74) is 8.15. The van der Waals surface area contributed by atoms with Gasteiger partial charge in [0, 0.05) is 13.1 Å². The van der Waals surface area contributed by atoms with Gasteiger partial charge < -0.3 is 15.8 Å². The predicted octanol–water partition coefficient (Wildman–Crippen LogP) is 2.67. The fourth-order valence-electron chi connectivity index (χ4n) is 2.06. The van der Waals surface area contributed by atoms with Gasteiger partial charge in [-0.05, 0) is 23.3 Å². The van der Waals surface area contributed by atoms with Crippen LogP contribution in [0.4, 0.5) is 11.4 Å². The summed E-state index contributed by atoms with van der Waals surface area (Å²) in [6, 6.07) is 12.5. The molecule has 0 saturated heterocycles. The van der Waals surface area contributed by atoms with Crippen molar-refractivity contribution in [2.75, 3.05) is 12.4 Å². The highest BCUT2D eigenvalue weighted by Gasteiger charge is 2.15. The smallest absolute Gasteiger partial charge is 0.296 e. The van der Waals surface area contributed by atoms with Crippen LogP contribution in [-0.2, 0) is 13.1 Å². The number of nitro benzene ring substituents is 1. The number of hydrogen-bond donors (Lipinski definition) is 2. The molecule has 6 nitrogen and oxygen atoms in total. The van der Waals surface area contributed by atoms with Crippen molar-refractivity contribution in [2.24, 2.45) is 5.73 Å². The molecular weight excluding hydrogens is 270 g/mol. The normalized spacial score (nSPS) is 10.2. The van der Waals surface area contributed by atoms with E-state index in [2.05, 4.69) is 5.32 Å². The molecule has 0 aliphatic heterocycles. The summed E-state index contributed by atoms with van der Waals surface area (Å²) >= 11 is 0. The third kappa shape index (κ3) is 3.49. The van der Waals surface area contributed by atoms with Crippen molar-refractivity contribution in [1.29, 1.82) is 0 Å². The van der Waals surface area contributed by atoms with E-state index in [-0.39, 0.29) is 5.69 Å². The largest absolute Gasteiger partial charge is 0.496 e. The molecule has 0 bridgehead atoms. The first kappa shape index (κ1) is 14.8. The van der Waals surface area contributed by atoms with Gasteiger partial charge in [-0.2, -0.15) is 0 Å². The number of nitrogens with one attached hydrogen (secondary N) is 1. The Labute approximate surface area is 122 Å². The van der Waals surface area contributed by atoms with Crippen molar-refractivity contribution >= 4 is 11.4 Å². The molecule has 2 aromatic rings. The Morgan fingerprint density at radius 2 is 1.95 bits per heavy atom. The molecule has 21 heavy (non-hydrogen) atoms. The van der Waals surface area contributed by atoms with Crippen LogP contribution in [0, 0.1) is 10.1 Å². The zero-order valence-corrected chi connectivity index (χ0v) is 11.7. The number of benzene rings is 2. The van der Waals surface area contributed by atoms with Crippen LogP contribution in [0.3, 0.4) is 0 Å². The first-order chi connectivity index (χ1) is 10.2. The van der Waals surface area contributed by atoms with Crippen LogP contribution >= 0.6 is 0 Å². The molecule has 6 heteroatoms. The van der Waals surface area contributed by atoms with Crippen molar-refractivity contribution in [2.45, 2.75) is 13.1 Å². The van der Waals surface area contributed by atoms with Crippen LogP contribution in [0.5, 0.6) is 5.75 Å². The number of rotatable bonds is 6. The summed E-state index contributed by atoms with van der Waals surface area (Å²) in [5.74, 6) is 0.453. The Balaban J connectivity index is 2.21. The first-order valence-electron chi connectivity index (χ1n) is 6.49. The maximum atomic E-state index is 11.1.